The number of hydrogen-bond donors (Lipinski definition) is 5. The van der Waals surface area contributed by atoms with Crippen molar-refractivity contribution in [2.24, 2.45) is 10.1 Å². The number of nitrogens with two attached hydrogens (primary N) is 1. The summed E-state index contributed by atoms with van der Waals surface area (Å²) in [5.74, 6) is -3.51. The average Bonchev–Trinajstić information content (AvgIpc) is 3.05. The number of aliphatic imine (C=N–C) groups is 1. The first kappa shape index (κ1) is 20.4. The van der Waals surface area contributed by atoms with E-state index in [4.69, 9.17) is 10.9 Å². The monoisotopic (exact) mass is 413 g/mol. The standard InChI is InChI=1S/C14H15N5O6S2/c1-2-5-3-26-11(18-7(5)12(21)22)9(13(23)24)17-10(20)8(19-25)6-4-27-14(15)16-6/h2,4,9,11,25H,3H2,1H3,(H2,15,16)(H,17,20)(H,21,22)(H,23,24)/t9-,11+/m0/s1. The Labute approximate surface area is 160 Å². The van der Waals surface area contributed by atoms with Gasteiger partial charge in [-0.1, -0.05) is 11.2 Å². The summed E-state index contributed by atoms with van der Waals surface area (Å²) in [5, 5.41) is 33.3. The zero-order chi connectivity index (χ0) is 20.1. The third kappa shape index (κ3) is 4.62. The van der Waals surface area contributed by atoms with Gasteiger partial charge in [0, 0.05) is 11.1 Å². The quantitative estimate of drug-likeness (QED) is 0.243. The minimum absolute atomic E-state index is 0.0242. The van der Waals surface area contributed by atoms with Crippen molar-refractivity contribution in [1.82, 2.24) is 10.3 Å². The number of carbonyl (C=O) groups is 3. The van der Waals surface area contributed by atoms with Gasteiger partial charge in [-0.3, -0.25) is 9.79 Å². The van der Waals surface area contributed by atoms with Gasteiger partial charge in [0.15, 0.2) is 16.9 Å². The molecule has 2 atom stereocenters. The average molecular weight is 413 g/mol. The molecule has 1 aliphatic rings. The number of hydrogen-bond acceptors (Lipinski definition) is 10. The van der Waals surface area contributed by atoms with Gasteiger partial charge in [-0.25, -0.2) is 14.6 Å². The predicted octanol–water partition coefficient (Wildman–Crippen LogP) is 0.0178. The summed E-state index contributed by atoms with van der Waals surface area (Å²) >= 11 is 2.07. The lowest BCUT2D eigenvalue weighted by Crippen LogP contribution is -2.50. The van der Waals surface area contributed by atoms with Gasteiger partial charge in [0.1, 0.15) is 16.8 Å². The predicted molar refractivity (Wildman–Crippen MR) is 99.5 cm³/mol. The molecule has 0 spiro atoms. The van der Waals surface area contributed by atoms with Gasteiger partial charge >= 0.3 is 11.9 Å². The van der Waals surface area contributed by atoms with Crippen LogP contribution in [0.15, 0.2) is 27.2 Å². The molecule has 0 saturated heterocycles. The largest absolute Gasteiger partial charge is 0.480 e. The third-order valence-corrected chi connectivity index (χ3v) is 5.31. The molecule has 11 nitrogen and oxygen atoms in total. The Kier molecular flexibility index (Phi) is 6.52. The van der Waals surface area contributed by atoms with E-state index in [-0.39, 0.29) is 22.3 Å². The second-order valence-electron chi connectivity index (χ2n) is 5.11. The van der Waals surface area contributed by atoms with Crippen LogP contribution in [0.2, 0.25) is 0 Å². The third-order valence-electron chi connectivity index (χ3n) is 3.44. The highest BCUT2D eigenvalue weighted by Crippen LogP contribution is 2.26. The molecule has 144 valence electrons. The van der Waals surface area contributed by atoms with Gasteiger partial charge in [-0.15, -0.1) is 23.1 Å². The Bertz CT molecular complexity index is 862. The molecular weight excluding hydrogens is 398 g/mol. The lowest BCUT2D eigenvalue weighted by Gasteiger charge is -2.26. The first-order chi connectivity index (χ1) is 12.8. The maximum atomic E-state index is 12.4. The number of rotatable bonds is 6. The molecule has 0 aromatic carbocycles. The van der Waals surface area contributed by atoms with Crippen LogP contribution in [0.4, 0.5) is 5.13 Å². The molecule has 0 bridgehead atoms. The van der Waals surface area contributed by atoms with Crippen LogP contribution in [-0.4, -0.2) is 66.8 Å². The molecule has 2 rings (SSSR count). The molecule has 6 N–H and O–H groups in total. The van der Waals surface area contributed by atoms with E-state index < -0.39 is 35.0 Å². The number of carboxylic acids is 2. The molecular formula is C14H15N5O6S2. The van der Waals surface area contributed by atoms with Crippen LogP contribution in [0, 0.1) is 0 Å². The molecule has 0 saturated carbocycles. The Morgan fingerprint density at radius 2 is 2.15 bits per heavy atom. The molecule has 0 aliphatic carbocycles. The molecule has 1 amide bonds. The van der Waals surface area contributed by atoms with Crippen molar-refractivity contribution in [2.45, 2.75) is 18.3 Å². The number of aliphatic carboxylic acids is 2. The molecule has 27 heavy (non-hydrogen) atoms. The summed E-state index contributed by atoms with van der Waals surface area (Å²) < 4.78 is 0. The van der Waals surface area contributed by atoms with Gasteiger partial charge in [0.05, 0.1) is 0 Å². The zero-order valence-corrected chi connectivity index (χ0v) is 15.5. The molecule has 0 radical (unpaired) electrons. The van der Waals surface area contributed by atoms with E-state index in [1.54, 1.807) is 13.0 Å². The fourth-order valence-corrected chi connectivity index (χ4v) is 3.91. The van der Waals surface area contributed by atoms with Crippen molar-refractivity contribution in [1.29, 1.82) is 0 Å². The Morgan fingerprint density at radius 1 is 1.44 bits per heavy atom. The Morgan fingerprint density at radius 3 is 2.63 bits per heavy atom. The number of carboxylic acid groups (broad SMARTS) is 2. The number of nitrogens with zero attached hydrogens (tertiary/aromatic N) is 3. The van der Waals surface area contributed by atoms with Crippen LogP contribution in [0.5, 0.6) is 0 Å². The summed E-state index contributed by atoms with van der Waals surface area (Å²) in [7, 11) is 0. The van der Waals surface area contributed by atoms with Crippen molar-refractivity contribution < 1.29 is 29.8 Å². The lowest BCUT2D eigenvalue weighted by atomic mass is 10.1. The van der Waals surface area contributed by atoms with Crippen molar-refractivity contribution in [3.8, 4) is 0 Å². The molecule has 1 aliphatic heterocycles. The van der Waals surface area contributed by atoms with Crippen LogP contribution < -0.4 is 11.1 Å². The minimum atomic E-state index is -1.55. The number of aromatic nitrogens is 1. The smallest absolute Gasteiger partial charge is 0.354 e. The minimum Gasteiger partial charge on any atom is -0.480 e. The number of anilines is 1. The fourth-order valence-electron chi connectivity index (χ4n) is 2.15. The number of thioether (sulfide) groups is 1. The molecule has 0 unspecified atom stereocenters. The van der Waals surface area contributed by atoms with Crippen LogP contribution >= 0.6 is 23.1 Å². The van der Waals surface area contributed by atoms with Gasteiger partial charge in [0.2, 0.25) is 0 Å². The van der Waals surface area contributed by atoms with E-state index >= 15 is 0 Å². The fraction of sp³-hybridized carbons (Fsp3) is 0.286. The van der Waals surface area contributed by atoms with Gasteiger partial charge in [0.25, 0.3) is 5.91 Å². The SMILES string of the molecule is CC=C1CS[C@H]([C@H](NC(=O)C(=NO)c2csc(N)n2)C(=O)O)N=C1C(=O)O. The van der Waals surface area contributed by atoms with Crippen molar-refractivity contribution in [2.75, 3.05) is 11.5 Å². The van der Waals surface area contributed by atoms with E-state index in [9.17, 15) is 24.6 Å². The number of carbonyl (C=O) groups excluding carboxylic acids is 1. The van der Waals surface area contributed by atoms with Crippen molar-refractivity contribution in [3.63, 3.8) is 0 Å². The summed E-state index contributed by atoms with van der Waals surface area (Å²) in [5.41, 5.74) is 5.12. The highest BCUT2D eigenvalue weighted by molar-refractivity contribution is 8.00. The first-order valence-electron chi connectivity index (χ1n) is 7.33. The van der Waals surface area contributed by atoms with E-state index in [1.165, 1.54) is 5.38 Å². The van der Waals surface area contributed by atoms with Crippen molar-refractivity contribution >= 4 is 57.5 Å². The summed E-state index contributed by atoms with van der Waals surface area (Å²) in [6.07, 6.45) is 1.58. The maximum Gasteiger partial charge on any atom is 0.354 e. The molecule has 13 heteroatoms. The summed E-state index contributed by atoms with van der Waals surface area (Å²) in [4.78, 5) is 43.1. The van der Waals surface area contributed by atoms with Crippen LogP contribution in [-0.2, 0) is 14.4 Å². The molecule has 2 heterocycles. The van der Waals surface area contributed by atoms with Crippen LogP contribution in [0.1, 0.15) is 12.6 Å². The number of allylic oxidation sites excluding steroid dienone is 1. The van der Waals surface area contributed by atoms with E-state index in [2.05, 4.69) is 20.4 Å². The van der Waals surface area contributed by atoms with E-state index in [0.717, 1.165) is 23.1 Å². The number of amides is 1. The molecule has 1 aromatic heterocycles. The summed E-state index contributed by atoms with van der Waals surface area (Å²) in [6, 6.07) is -1.55. The lowest BCUT2D eigenvalue weighted by molar-refractivity contribution is -0.141. The van der Waals surface area contributed by atoms with Crippen molar-refractivity contribution in [3.05, 3.63) is 22.7 Å². The van der Waals surface area contributed by atoms with Gasteiger partial charge in [-0.05, 0) is 12.5 Å². The van der Waals surface area contributed by atoms with Crippen LogP contribution in [0.3, 0.4) is 0 Å². The summed E-state index contributed by atoms with van der Waals surface area (Å²) in [6.45, 7) is 1.65. The Hall–Kier alpha value is -2.93. The van der Waals surface area contributed by atoms with E-state index in [1.807, 2.05) is 0 Å². The second kappa shape index (κ2) is 8.64. The number of nitrogen functional groups attached to an aromatic ring is 1. The number of oxime groups is 1. The van der Waals surface area contributed by atoms with Crippen LogP contribution in [0.25, 0.3) is 0 Å². The second-order valence-corrected chi connectivity index (χ2v) is 7.10. The number of thiazole rings is 1. The van der Waals surface area contributed by atoms with Gasteiger partial charge < -0.3 is 26.5 Å². The highest BCUT2D eigenvalue weighted by Gasteiger charge is 2.36. The topological polar surface area (TPSA) is 188 Å². The normalized spacial score (nSPS) is 20.0. The molecule has 1 aromatic rings. The van der Waals surface area contributed by atoms with Gasteiger partial charge in [-0.2, -0.15) is 0 Å². The first-order valence-corrected chi connectivity index (χ1v) is 9.26. The maximum absolute atomic E-state index is 12.4. The number of nitrogens with one attached hydrogen (secondary N) is 1. The van der Waals surface area contributed by atoms with E-state index in [0.29, 0.717) is 5.57 Å². The zero-order valence-electron chi connectivity index (χ0n) is 13.8. The highest BCUT2D eigenvalue weighted by atomic mass is 32.2. The Balaban J connectivity index is 2.28. The molecule has 0 fully saturated rings.